The van der Waals surface area contributed by atoms with Crippen LogP contribution in [0, 0.1) is 13.8 Å². The van der Waals surface area contributed by atoms with Crippen LogP contribution in [0.3, 0.4) is 0 Å². The van der Waals surface area contributed by atoms with Crippen LogP contribution in [-0.2, 0) is 0 Å². The van der Waals surface area contributed by atoms with Gasteiger partial charge in [0, 0.05) is 36.2 Å². The molecule has 1 aromatic rings. The van der Waals surface area contributed by atoms with Gasteiger partial charge >= 0.3 is 0 Å². The van der Waals surface area contributed by atoms with E-state index in [-0.39, 0.29) is 0 Å². The third-order valence-corrected chi connectivity index (χ3v) is 5.20. The lowest BCUT2D eigenvalue weighted by atomic mass is 9.97. The SMILES string of the molecule is Cc1ccc(C(CN)N2CCSC(C)(C)C2)c(C)c1. The van der Waals surface area contributed by atoms with E-state index < -0.39 is 0 Å². The largest absolute Gasteiger partial charge is 0.329 e. The van der Waals surface area contributed by atoms with Crippen LogP contribution in [0.1, 0.15) is 36.6 Å². The molecule has 1 unspecified atom stereocenters. The maximum absolute atomic E-state index is 6.08. The summed E-state index contributed by atoms with van der Waals surface area (Å²) in [5.41, 5.74) is 10.2. The Morgan fingerprint density at radius 2 is 2.11 bits per heavy atom. The molecule has 2 nitrogen and oxygen atoms in total. The number of hydrogen-bond acceptors (Lipinski definition) is 3. The zero-order valence-electron chi connectivity index (χ0n) is 12.6. The number of thioether (sulfide) groups is 1. The van der Waals surface area contributed by atoms with E-state index in [9.17, 15) is 0 Å². The van der Waals surface area contributed by atoms with Crippen LogP contribution in [0.25, 0.3) is 0 Å². The molecule has 1 aromatic carbocycles. The minimum absolute atomic E-state index is 0.338. The fourth-order valence-electron chi connectivity index (χ4n) is 2.99. The maximum atomic E-state index is 6.08. The summed E-state index contributed by atoms with van der Waals surface area (Å²) in [7, 11) is 0. The molecule has 0 spiro atoms. The quantitative estimate of drug-likeness (QED) is 0.921. The molecule has 0 aromatic heterocycles. The molecule has 1 fully saturated rings. The first-order valence-electron chi connectivity index (χ1n) is 7.08. The van der Waals surface area contributed by atoms with Gasteiger partial charge in [0.1, 0.15) is 0 Å². The summed E-state index contributed by atoms with van der Waals surface area (Å²) in [4.78, 5) is 2.56. The number of nitrogens with zero attached hydrogens (tertiary/aromatic N) is 1. The van der Waals surface area contributed by atoms with Crippen molar-refractivity contribution in [3.05, 3.63) is 34.9 Å². The van der Waals surface area contributed by atoms with Crippen molar-refractivity contribution >= 4 is 11.8 Å². The molecule has 1 aliphatic heterocycles. The van der Waals surface area contributed by atoms with Crippen LogP contribution in [0.15, 0.2) is 18.2 Å². The van der Waals surface area contributed by atoms with Crippen molar-refractivity contribution in [1.82, 2.24) is 4.90 Å². The van der Waals surface area contributed by atoms with Crippen molar-refractivity contribution in [3.8, 4) is 0 Å². The van der Waals surface area contributed by atoms with Crippen molar-refractivity contribution in [2.45, 2.75) is 38.5 Å². The summed E-state index contributed by atoms with van der Waals surface area (Å²) < 4.78 is 0.338. The fraction of sp³-hybridized carbons (Fsp3) is 0.625. The van der Waals surface area contributed by atoms with Gasteiger partial charge in [-0.2, -0.15) is 11.8 Å². The summed E-state index contributed by atoms with van der Waals surface area (Å²) in [5, 5.41) is 0. The molecule has 1 heterocycles. The van der Waals surface area contributed by atoms with Gasteiger partial charge < -0.3 is 5.73 Å². The van der Waals surface area contributed by atoms with Gasteiger partial charge in [0.05, 0.1) is 0 Å². The van der Waals surface area contributed by atoms with Crippen LogP contribution >= 0.6 is 11.8 Å². The minimum Gasteiger partial charge on any atom is -0.329 e. The van der Waals surface area contributed by atoms with E-state index >= 15 is 0 Å². The number of aryl methyl sites for hydroxylation is 2. The number of nitrogens with two attached hydrogens (primary N) is 1. The van der Waals surface area contributed by atoms with Crippen LogP contribution in [-0.4, -0.2) is 35.0 Å². The summed E-state index contributed by atoms with van der Waals surface area (Å²) in [6, 6.07) is 7.09. The normalized spacial score (nSPS) is 21.3. The number of benzene rings is 1. The second-order valence-electron chi connectivity index (χ2n) is 6.19. The fourth-order valence-corrected chi connectivity index (χ4v) is 4.13. The van der Waals surface area contributed by atoms with Gasteiger partial charge in [0.25, 0.3) is 0 Å². The van der Waals surface area contributed by atoms with Crippen molar-refractivity contribution in [1.29, 1.82) is 0 Å². The molecule has 0 saturated carbocycles. The predicted molar refractivity (Wildman–Crippen MR) is 85.8 cm³/mol. The summed E-state index contributed by atoms with van der Waals surface area (Å²) in [6.07, 6.45) is 0. The Kier molecular flexibility index (Phi) is 4.59. The van der Waals surface area contributed by atoms with Gasteiger partial charge in [0.15, 0.2) is 0 Å². The third kappa shape index (κ3) is 3.53. The molecule has 0 radical (unpaired) electrons. The highest BCUT2D eigenvalue weighted by Gasteiger charge is 2.31. The Morgan fingerprint density at radius 1 is 1.37 bits per heavy atom. The smallest absolute Gasteiger partial charge is 0.0473 e. The molecule has 1 atom stereocenters. The number of rotatable bonds is 3. The lowest BCUT2D eigenvalue weighted by Crippen LogP contribution is -2.46. The maximum Gasteiger partial charge on any atom is 0.0473 e. The molecule has 1 aliphatic rings. The van der Waals surface area contributed by atoms with Gasteiger partial charge in [-0.05, 0) is 38.8 Å². The molecule has 0 bridgehead atoms. The molecule has 2 rings (SSSR count). The van der Waals surface area contributed by atoms with Crippen LogP contribution in [0.4, 0.5) is 0 Å². The van der Waals surface area contributed by atoms with E-state index in [0.717, 1.165) is 13.1 Å². The van der Waals surface area contributed by atoms with Crippen molar-refractivity contribution in [2.24, 2.45) is 5.73 Å². The zero-order valence-corrected chi connectivity index (χ0v) is 13.4. The standard InChI is InChI=1S/C16H26N2S/c1-12-5-6-14(13(2)9-12)15(10-17)18-7-8-19-16(3,4)11-18/h5-6,9,15H,7-8,10-11,17H2,1-4H3. The number of hydrogen-bond donors (Lipinski definition) is 1. The van der Waals surface area contributed by atoms with Crippen molar-refractivity contribution in [2.75, 3.05) is 25.4 Å². The molecule has 19 heavy (non-hydrogen) atoms. The first-order valence-corrected chi connectivity index (χ1v) is 8.07. The lowest BCUT2D eigenvalue weighted by molar-refractivity contribution is 0.192. The summed E-state index contributed by atoms with van der Waals surface area (Å²) >= 11 is 2.07. The second kappa shape index (κ2) is 5.86. The van der Waals surface area contributed by atoms with Crippen LogP contribution in [0.2, 0.25) is 0 Å². The highest BCUT2D eigenvalue weighted by molar-refractivity contribution is 8.00. The highest BCUT2D eigenvalue weighted by atomic mass is 32.2. The Bertz CT molecular complexity index is 442. The van der Waals surface area contributed by atoms with Crippen LogP contribution < -0.4 is 5.73 Å². The van der Waals surface area contributed by atoms with Gasteiger partial charge in [-0.25, -0.2) is 0 Å². The van der Waals surface area contributed by atoms with E-state index in [1.807, 2.05) is 0 Å². The molecule has 106 valence electrons. The molecule has 0 amide bonds. The molecular weight excluding hydrogens is 252 g/mol. The van der Waals surface area contributed by atoms with Gasteiger partial charge in [-0.1, -0.05) is 23.8 Å². The Morgan fingerprint density at radius 3 is 2.68 bits per heavy atom. The van der Waals surface area contributed by atoms with Crippen LogP contribution in [0.5, 0.6) is 0 Å². The monoisotopic (exact) mass is 278 g/mol. The molecule has 1 saturated heterocycles. The lowest BCUT2D eigenvalue weighted by Gasteiger charge is -2.42. The zero-order chi connectivity index (χ0) is 14.0. The predicted octanol–water partition coefficient (Wildman–Crippen LogP) is 3.13. The van der Waals surface area contributed by atoms with E-state index in [1.54, 1.807) is 0 Å². The Labute approximate surface area is 121 Å². The van der Waals surface area contributed by atoms with E-state index in [2.05, 4.69) is 62.6 Å². The van der Waals surface area contributed by atoms with E-state index in [1.165, 1.54) is 22.4 Å². The molecule has 2 N–H and O–H groups in total. The average Bonchev–Trinajstić information content (AvgIpc) is 2.31. The first-order chi connectivity index (χ1) is 8.93. The van der Waals surface area contributed by atoms with E-state index in [0.29, 0.717) is 17.3 Å². The average molecular weight is 278 g/mol. The molecule has 0 aliphatic carbocycles. The van der Waals surface area contributed by atoms with Crippen molar-refractivity contribution < 1.29 is 0 Å². The van der Waals surface area contributed by atoms with Gasteiger partial charge in [0.2, 0.25) is 0 Å². The molecule has 3 heteroatoms. The highest BCUT2D eigenvalue weighted by Crippen LogP contribution is 2.34. The molecular formula is C16H26N2S. The topological polar surface area (TPSA) is 29.3 Å². The third-order valence-electron chi connectivity index (χ3n) is 3.90. The van der Waals surface area contributed by atoms with Crippen molar-refractivity contribution in [3.63, 3.8) is 0 Å². The minimum atomic E-state index is 0.338. The van der Waals surface area contributed by atoms with Gasteiger partial charge in [-0.15, -0.1) is 0 Å². The Balaban J connectivity index is 2.24. The summed E-state index contributed by atoms with van der Waals surface area (Å²) in [5.74, 6) is 1.20. The van der Waals surface area contributed by atoms with Gasteiger partial charge in [-0.3, -0.25) is 4.90 Å². The first kappa shape index (κ1) is 14.9. The second-order valence-corrected chi connectivity index (χ2v) is 7.99. The van der Waals surface area contributed by atoms with E-state index in [4.69, 9.17) is 5.73 Å². The summed E-state index contributed by atoms with van der Waals surface area (Å²) in [6.45, 7) is 12.0. The Hall–Kier alpha value is -0.510.